The van der Waals surface area contributed by atoms with Crippen molar-refractivity contribution in [3.05, 3.63) is 78.1 Å². The molecule has 0 bridgehead atoms. The van der Waals surface area contributed by atoms with E-state index in [1.54, 1.807) is 29.1 Å². The third-order valence-electron chi connectivity index (χ3n) is 4.20. The monoisotopic (exact) mass is 427 g/mol. The van der Waals surface area contributed by atoms with Crippen LogP contribution >= 0.6 is 0 Å². The first-order chi connectivity index (χ1) is 14.4. The van der Waals surface area contributed by atoms with Crippen LogP contribution in [0.3, 0.4) is 0 Å². The number of amides is 1. The van der Waals surface area contributed by atoms with E-state index in [4.69, 9.17) is 5.26 Å². The Hall–Kier alpha value is -3.55. The molecule has 3 rings (SSSR count). The lowest BCUT2D eigenvalue weighted by Crippen LogP contribution is -2.25. The summed E-state index contributed by atoms with van der Waals surface area (Å²) in [5, 5.41) is 11.2. The third-order valence-corrected chi connectivity index (χ3v) is 5.68. The highest BCUT2D eigenvalue weighted by Crippen LogP contribution is 2.15. The number of nitrogens with one attached hydrogen (secondary N) is 2. The van der Waals surface area contributed by atoms with E-state index in [2.05, 4.69) is 15.0 Å². The minimum Gasteiger partial charge on any atom is -0.348 e. The molecule has 1 amide bonds. The second-order valence-electron chi connectivity index (χ2n) is 6.27. The Kier molecular flexibility index (Phi) is 6.56. The Morgan fingerprint density at radius 1 is 1.20 bits per heavy atom. The number of hydrogen-bond acceptors (Lipinski definition) is 5. The number of nitriles is 1. The van der Waals surface area contributed by atoms with Gasteiger partial charge in [0.2, 0.25) is 10.0 Å². The first kappa shape index (κ1) is 21.2. The lowest BCUT2D eigenvalue weighted by atomic mass is 10.1. The number of rotatable bonds is 8. The summed E-state index contributed by atoms with van der Waals surface area (Å²) < 4.78 is 42.3. The molecule has 0 unspecified atom stereocenters. The van der Waals surface area contributed by atoms with Crippen molar-refractivity contribution in [2.45, 2.75) is 17.9 Å². The average Bonchev–Trinajstić information content (AvgIpc) is 3.27. The zero-order chi connectivity index (χ0) is 21.6. The van der Waals surface area contributed by atoms with Gasteiger partial charge < -0.3 is 9.88 Å². The number of aromatic nitrogens is 2. The standard InChI is InChI=1S/C20H18FN5O3S/c21-18-12-15(2-7-19(18)26-11-10-23-14-26)13-24-20(27)16-3-5-17(6-4-16)30(28,29)25-9-1-8-22/h2-7,10-12,14,25H,1,9,13H2,(H,24,27). The first-order valence-corrected chi connectivity index (χ1v) is 10.4. The Bertz CT molecular complexity index is 1170. The number of carbonyl (C=O) groups is 1. The van der Waals surface area contributed by atoms with Gasteiger partial charge in [0.15, 0.2) is 0 Å². The number of sulfonamides is 1. The van der Waals surface area contributed by atoms with Crippen molar-refractivity contribution in [2.75, 3.05) is 6.54 Å². The van der Waals surface area contributed by atoms with Gasteiger partial charge in [-0.15, -0.1) is 0 Å². The fraction of sp³-hybridized carbons (Fsp3) is 0.150. The quantitative estimate of drug-likeness (QED) is 0.534. The summed E-state index contributed by atoms with van der Waals surface area (Å²) in [5.41, 5.74) is 1.19. The summed E-state index contributed by atoms with van der Waals surface area (Å²) in [6.45, 7) is 0.118. The predicted octanol–water partition coefficient (Wildman–Crippen LogP) is 2.13. The molecule has 0 atom stereocenters. The molecule has 0 aliphatic carbocycles. The molecular formula is C20H18FN5O3S. The van der Waals surface area contributed by atoms with Crippen LogP contribution in [-0.4, -0.2) is 30.4 Å². The lowest BCUT2D eigenvalue weighted by molar-refractivity contribution is 0.0950. The first-order valence-electron chi connectivity index (χ1n) is 8.92. The smallest absolute Gasteiger partial charge is 0.251 e. The molecule has 10 heteroatoms. The van der Waals surface area contributed by atoms with Crippen LogP contribution in [0.5, 0.6) is 0 Å². The Morgan fingerprint density at radius 3 is 2.60 bits per heavy atom. The van der Waals surface area contributed by atoms with Gasteiger partial charge in [0.1, 0.15) is 5.82 Å². The van der Waals surface area contributed by atoms with Crippen LogP contribution in [0.4, 0.5) is 4.39 Å². The highest BCUT2D eigenvalue weighted by atomic mass is 32.2. The van der Waals surface area contributed by atoms with E-state index in [9.17, 15) is 17.6 Å². The summed E-state index contributed by atoms with van der Waals surface area (Å²) >= 11 is 0. The largest absolute Gasteiger partial charge is 0.348 e. The fourth-order valence-corrected chi connectivity index (χ4v) is 3.70. The molecule has 0 saturated carbocycles. The molecule has 0 radical (unpaired) electrons. The zero-order valence-electron chi connectivity index (χ0n) is 15.7. The molecule has 0 aliphatic heterocycles. The molecule has 1 heterocycles. The molecule has 2 aromatic carbocycles. The van der Waals surface area contributed by atoms with E-state index in [0.29, 0.717) is 11.3 Å². The second kappa shape index (κ2) is 9.30. The van der Waals surface area contributed by atoms with E-state index in [1.165, 1.54) is 36.7 Å². The molecule has 0 fully saturated rings. The normalized spacial score (nSPS) is 11.1. The van der Waals surface area contributed by atoms with Gasteiger partial charge in [0, 0.05) is 37.5 Å². The van der Waals surface area contributed by atoms with E-state index >= 15 is 0 Å². The number of nitrogens with zero attached hydrogens (tertiary/aromatic N) is 3. The molecule has 3 aromatic rings. The van der Waals surface area contributed by atoms with Crippen molar-refractivity contribution < 1.29 is 17.6 Å². The van der Waals surface area contributed by atoms with Gasteiger partial charge in [-0.05, 0) is 42.0 Å². The summed E-state index contributed by atoms with van der Waals surface area (Å²) in [6, 6.07) is 11.9. The summed E-state index contributed by atoms with van der Waals surface area (Å²) in [6.07, 6.45) is 4.72. The lowest BCUT2D eigenvalue weighted by Gasteiger charge is -2.09. The number of imidazole rings is 1. The van der Waals surface area contributed by atoms with Crippen LogP contribution in [0.2, 0.25) is 0 Å². The second-order valence-corrected chi connectivity index (χ2v) is 8.04. The molecule has 8 nitrogen and oxygen atoms in total. The predicted molar refractivity (Wildman–Crippen MR) is 107 cm³/mol. The Morgan fingerprint density at radius 2 is 1.97 bits per heavy atom. The summed E-state index contributed by atoms with van der Waals surface area (Å²) in [4.78, 5) is 16.2. The molecular weight excluding hydrogens is 409 g/mol. The van der Waals surface area contributed by atoms with Crippen LogP contribution in [0.25, 0.3) is 5.69 Å². The van der Waals surface area contributed by atoms with Gasteiger partial charge in [-0.1, -0.05) is 6.07 Å². The van der Waals surface area contributed by atoms with Crippen molar-refractivity contribution >= 4 is 15.9 Å². The van der Waals surface area contributed by atoms with Crippen LogP contribution in [0.1, 0.15) is 22.3 Å². The Labute approximate surface area is 173 Å². The van der Waals surface area contributed by atoms with Crippen molar-refractivity contribution in [3.63, 3.8) is 0 Å². The molecule has 0 saturated heterocycles. The number of carbonyl (C=O) groups excluding carboxylic acids is 1. The molecule has 154 valence electrons. The highest BCUT2D eigenvalue weighted by Gasteiger charge is 2.14. The van der Waals surface area contributed by atoms with Crippen LogP contribution in [0, 0.1) is 17.1 Å². The Balaban J connectivity index is 1.61. The van der Waals surface area contributed by atoms with Crippen LogP contribution in [0.15, 0.2) is 66.1 Å². The molecule has 0 aliphatic rings. The van der Waals surface area contributed by atoms with E-state index < -0.39 is 21.7 Å². The highest BCUT2D eigenvalue weighted by molar-refractivity contribution is 7.89. The van der Waals surface area contributed by atoms with Gasteiger partial charge in [-0.3, -0.25) is 4.79 Å². The fourth-order valence-electron chi connectivity index (χ4n) is 2.67. The topological polar surface area (TPSA) is 117 Å². The maximum Gasteiger partial charge on any atom is 0.251 e. The molecule has 0 spiro atoms. The zero-order valence-corrected chi connectivity index (χ0v) is 16.6. The minimum atomic E-state index is -3.74. The van der Waals surface area contributed by atoms with Crippen molar-refractivity contribution in [3.8, 4) is 11.8 Å². The van der Waals surface area contributed by atoms with Crippen LogP contribution < -0.4 is 10.0 Å². The van der Waals surface area contributed by atoms with Gasteiger partial charge in [0.05, 0.1) is 23.0 Å². The minimum absolute atomic E-state index is 0.00542. The molecule has 1 aromatic heterocycles. The molecule has 2 N–H and O–H groups in total. The van der Waals surface area contributed by atoms with Gasteiger partial charge in [0.25, 0.3) is 5.91 Å². The van der Waals surface area contributed by atoms with E-state index in [0.717, 1.165) is 0 Å². The number of hydrogen-bond donors (Lipinski definition) is 2. The maximum absolute atomic E-state index is 14.3. The van der Waals surface area contributed by atoms with Crippen LogP contribution in [-0.2, 0) is 16.6 Å². The van der Waals surface area contributed by atoms with E-state index in [1.807, 2.05) is 6.07 Å². The van der Waals surface area contributed by atoms with E-state index in [-0.39, 0.29) is 30.0 Å². The third kappa shape index (κ3) is 5.08. The van der Waals surface area contributed by atoms with Crippen molar-refractivity contribution in [1.29, 1.82) is 5.26 Å². The van der Waals surface area contributed by atoms with Crippen molar-refractivity contribution in [2.24, 2.45) is 0 Å². The number of benzene rings is 2. The van der Waals surface area contributed by atoms with Gasteiger partial charge >= 0.3 is 0 Å². The summed E-state index contributed by atoms with van der Waals surface area (Å²) in [7, 11) is -3.74. The van der Waals surface area contributed by atoms with Gasteiger partial charge in [-0.25, -0.2) is 22.5 Å². The maximum atomic E-state index is 14.3. The SMILES string of the molecule is N#CCCNS(=O)(=O)c1ccc(C(=O)NCc2ccc(-n3ccnc3)c(F)c2)cc1. The number of halogens is 1. The van der Waals surface area contributed by atoms with Crippen molar-refractivity contribution in [1.82, 2.24) is 19.6 Å². The van der Waals surface area contributed by atoms with Gasteiger partial charge in [-0.2, -0.15) is 5.26 Å². The summed E-state index contributed by atoms with van der Waals surface area (Å²) in [5.74, 6) is -0.867. The molecule has 30 heavy (non-hydrogen) atoms. The average molecular weight is 427 g/mol.